The van der Waals surface area contributed by atoms with E-state index in [0.29, 0.717) is 36.7 Å². The number of carbonyl (C=O) groups is 2. The van der Waals surface area contributed by atoms with Crippen LogP contribution in [0.15, 0.2) is 53.3 Å². The number of nitro benzene ring substituents is 1. The van der Waals surface area contributed by atoms with Crippen molar-refractivity contribution in [1.29, 1.82) is 0 Å². The maximum atomic E-state index is 12.6. The number of aromatic nitrogens is 3. The van der Waals surface area contributed by atoms with E-state index in [1.54, 1.807) is 18.5 Å². The zero-order valence-corrected chi connectivity index (χ0v) is 19.2. The standard InChI is InChI=1S/C22H23N5O6S/c1-34-12-9-18(24-21(28)15-5-2-7-17(13-15)27(30)31)22(29)32-11-4-8-19-25-20(26-33-19)16-6-3-10-23-14-16/h2-3,5-7,10,13-14,18H,4,8-9,11-12H2,1H3,(H,24,28). The molecule has 0 fully saturated rings. The number of aryl methyl sites for hydroxylation is 1. The number of hydrogen-bond acceptors (Lipinski definition) is 10. The maximum absolute atomic E-state index is 12.6. The summed E-state index contributed by atoms with van der Waals surface area (Å²) in [5.41, 5.74) is 0.626. The Balaban J connectivity index is 1.51. The smallest absolute Gasteiger partial charge is 0.328 e. The summed E-state index contributed by atoms with van der Waals surface area (Å²) in [6.07, 6.45) is 6.39. The number of rotatable bonds is 12. The second-order valence-corrected chi connectivity index (χ2v) is 8.13. The molecule has 12 heteroatoms. The molecule has 2 heterocycles. The Labute approximate surface area is 199 Å². The summed E-state index contributed by atoms with van der Waals surface area (Å²) in [6.45, 7) is 0.103. The fourth-order valence-corrected chi connectivity index (χ4v) is 3.42. The Bertz CT molecular complexity index is 1120. The molecule has 0 bridgehead atoms. The second kappa shape index (κ2) is 12.4. The highest BCUT2D eigenvalue weighted by Crippen LogP contribution is 2.15. The van der Waals surface area contributed by atoms with E-state index in [2.05, 4.69) is 20.4 Å². The van der Waals surface area contributed by atoms with E-state index in [-0.39, 0.29) is 17.9 Å². The molecule has 1 N–H and O–H groups in total. The van der Waals surface area contributed by atoms with Gasteiger partial charge < -0.3 is 14.6 Å². The Hall–Kier alpha value is -3.80. The summed E-state index contributed by atoms with van der Waals surface area (Å²) < 4.78 is 10.6. The molecule has 0 saturated carbocycles. The average Bonchev–Trinajstić information content (AvgIpc) is 3.33. The van der Waals surface area contributed by atoms with Crippen LogP contribution in [-0.2, 0) is 16.0 Å². The predicted octanol–water partition coefficient (Wildman–Crippen LogP) is 3.07. The lowest BCUT2D eigenvalue weighted by Gasteiger charge is -2.17. The van der Waals surface area contributed by atoms with Gasteiger partial charge in [-0.2, -0.15) is 16.7 Å². The summed E-state index contributed by atoms with van der Waals surface area (Å²) in [6, 6.07) is 8.04. The van der Waals surface area contributed by atoms with Gasteiger partial charge in [-0.05, 0) is 43.0 Å². The van der Waals surface area contributed by atoms with Crippen molar-refractivity contribution in [3.63, 3.8) is 0 Å². The summed E-state index contributed by atoms with van der Waals surface area (Å²) in [7, 11) is 0. The van der Waals surface area contributed by atoms with Crippen LogP contribution in [0.1, 0.15) is 29.1 Å². The van der Waals surface area contributed by atoms with E-state index in [4.69, 9.17) is 9.26 Å². The van der Waals surface area contributed by atoms with Crippen LogP contribution < -0.4 is 5.32 Å². The number of carbonyl (C=O) groups excluding carboxylic acids is 2. The van der Waals surface area contributed by atoms with E-state index in [0.717, 1.165) is 11.6 Å². The Kier molecular flexibility index (Phi) is 9.09. The van der Waals surface area contributed by atoms with Gasteiger partial charge in [0, 0.05) is 42.1 Å². The van der Waals surface area contributed by atoms with E-state index < -0.39 is 22.8 Å². The number of benzene rings is 1. The van der Waals surface area contributed by atoms with Crippen molar-refractivity contribution in [2.75, 3.05) is 18.6 Å². The number of hydrogen-bond donors (Lipinski definition) is 1. The minimum atomic E-state index is -0.875. The van der Waals surface area contributed by atoms with Crippen molar-refractivity contribution >= 4 is 29.3 Å². The molecule has 0 saturated heterocycles. The fraction of sp³-hybridized carbons (Fsp3) is 0.318. The molecule has 2 aromatic heterocycles. The molecular weight excluding hydrogens is 462 g/mol. The highest BCUT2D eigenvalue weighted by molar-refractivity contribution is 7.98. The molecule has 1 aromatic carbocycles. The van der Waals surface area contributed by atoms with Crippen molar-refractivity contribution < 1.29 is 23.8 Å². The third-order valence-corrected chi connectivity index (χ3v) is 5.33. The molecule has 34 heavy (non-hydrogen) atoms. The molecule has 0 spiro atoms. The molecule has 1 atom stereocenters. The molecular formula is C22H23N5O6S. The van der Waals surface area contributed by atoms with Crippen LogP contribution in [0.25, 0.3) is 11.4 Å². The van der Waals surface area contributed by atoms with Gasteiger partial charge in [0.15, 0.2) is 0 Å². The molecule has 0 aliphatic heterocycles. The first kappa shape index (κ1) is 24.8. The summed E-state index contributed by atoms with van der Waals surface area (Å²) in [5.74, 6) is 0.303. The Morgan fingerprint density at radius 3 is 2.88 bits per heavy atom. The molecule has 1 amide bonds. The van der Waals surface area contributed by atoms with Crippen LogP contribution >= 0.6 is 11.8 Å². The van der Waals surface area contributed by atoms with Gasteiger partial charge in [0.05, 0.1) is 11.5 Å². The lowest BCUT2D eigenvalue weighted by Crippen LogP contribution is -2.42. The number of nitro groups is 1. The van der Waals surface area contributed by atoms with Crippen LogP contribution in [-0.4, -0.2) is 56.6 Å². The average molecular weight is 486 g/mol. The first-order valence-electron chi connectivity index (χ1n) is 10.4. The molecule has 11 nitrogen and oxygen atoms in total. The van der Waals surface area contributed by atoms with Crippen molar-refractivity contribution in [3.8, 4) is 11.4 Å². The van der Waals surface area contributed by atoms with E-state index in [1.165, 1.54) is 30.0 Å². The van der Waals surface area contributed by atoms with Gasteiger partial charge in [0.25, 0.3) is 11.6 Å². The number of nitrogens with zero attached hydrogens (tertiary/aromatic N) is 4. The highest BCUT2D eigenvalue weighted by atomic mass is 32.2. The van der Waals surface area contributed by atoms with Crippen LogP contribution in [0.3, 0.4) is 0 Å². The first-order chi connectivity index (χ1) is 16.5. The third kappa shape index (κ3) is 7.10. The van der Waals surface area contributed by atoms with Crippen LogP contribution in [0.2, 0.25) is 0 Å². The molecule has 178 valence electrons. The lowest BCUT2D eigenvalue weighted by molar-refractivity contribution is -0.384. The summed E-state index contributed by atoms with van der Waals surface area (Å²) in [5, 5.41) is 17.5. The van der Waals surface area contributed by atoms with Gasteiger partial charge >= 0.3 is 5.97 Å². The Morgan fingerprint density at radius 1 is 1.29 bits per heavy atom. The number of esters is 1. The van der Waals surface area contributed by atoms with Gasteiger partial charge in [0.1, 0.15) is 6.04 Å². The zero-order chi connectivity index (χ0) is 24.3. The minimum absolute atomic E-state index is 0.0944. The van der Waals surface area contributed by atoms with Crippen molar-refractivity contribution in [1.82, 2.24) is 20.4 Å². The summed E-state index contributed by atoms with van der Waals surface area (Å²) >= 11 is 1.52. The normalized spacial score (nSPS) is 11.6. The second-order valence-electron chi connectivity index (χ2n) is 7.14. The quantitative estimate of drug-likeness (QED) is 0.175. The maximum Gasteiger partial charge on any atom is 0.328 e. The van der Waals surface area contributed by atoms with Gasteiger partial charge in [-0.3, -0.25) is 19.9 Å². The van der Waals surface area contributed by atoms with E-state index >= 15 is 0 Å². The third-order valence-electron chi connectivity index (χ3n) is 4.69. The first-order valence-corrected chi connectivity index (χ1v) is 11.8. The van der Waals surface area contributed by atoms with Crippen LogP contribution in [0.5, 0.6) is 0 Å². The number of ether oxygens (including phenoxy) is 1. The van der Waals surface area contributed by atoms with Gasteiger partial charge in [0.2, 0.25) is 11.7 Å². The monoisotopic (exact) mass is 485 g/mol. The van der Waals surface area contributed by atoms with Crippen molar-refractivity contribution in [2.45, 2.75) is 25.3 Å². The predicted molar refractivity (Wildman–Crippen MR) is 124 cm³/mol. The molecule has 3 rings (SSSR count). The van der Waals surface area contributed by atoms with Gasteiger partial charge in [-0.25, -0.2) is 4.79 Å². The Morgan fingerprint density at radius 2 is 2.15 bits per heavy atom. The number of non-ortho nitro benzene ring substituents is 1. The number of amides is 1. The van der Waals surface area contributed by atoms with E-state index in [9.17, 15) is 19.7 Å². The van der Waals surface area contributed by atoms with Gasteiger partial charge in [-0.15, -0.1) is 0 Å². The van der Waals surface area contributed by atoms with E-state index in [1.807, 2.05) is 12.3 Å². The zero-order valence-electron chi connectivity index (χ0n) is 18.4. The lowest BCUT2D eigenvalue weighted by atomic mass is 10.1. The van der Waals surface area contributed by atoms with Gasteiger partial charge in [-0.1, -0.05) is 11.2 Å². The number of thioether (sulfide) groups is 1. The highest BCUT2D eigenvalue weighted by Gasteiger charge is 2.23. The van der Waals surface area contributed by atoms with Crippen molar-refractivity contribution in [3.05, 3.63) is 70.4 Å². The summed E-state index contributed by atoms with van der Waals surface area (Å²) in [4.78, 5) is 43.8. The molecule has 0 radical (unpaired) electrons. The minimum Gasteiger partial charge on any atom is -0.464 e. The van der Waals surface area contributed by atoms with Crippen molar-refractivity contribution in [2.24, 2.45) is 0 Å². The largest absolute Gasteiger partial charge is 0.464 e. The fourth-order valence-electron chi connectivity index (χ4n) is 2.95. The van der Waals surface area contributed by atoms with Crippen LogP contribution in [0, 0.1) is 10.1 Å². The molecule has 3 aromatic rings. The SMILES string of the molecule is CSCCC(NC(=O)c1cccc([N+](=O)[O-])c1)C(=O)OCCCc1nc(-c2cccnc2)no1. The van der Waals surface area contributed by atoms with Crippen LogP contribution in [0.4, 0.5) is 5.69 Å². The molecule has 0 aliphatic carbocycles. The molecule has 1 unspecified atom stereocenters. The number of nitrogens with one attached hydrogen (secondary N) is 1. The number of pyridine rings is 1. The topological polar surface area (TPSA) is 150 Å². The molecule has 0 aliphatic rings.